The molecule has 1 saturated heterocycles. The van der Waals surface area contributed by atoms with Gasteiger partial charge in [-0.25, -0.2) is 0 Å². The SMILES string of the molecule is O=C1CCCN1CC#Cc1ccncc1. The number of carbonyl (C=O) groups excluding carboxylic acids is 1. The van der Waals surface area contributed by atoms with Gasteiger partial charge in [0.25, 0.3) is 0 Å². The quantitative estimate of drug-likeness (QED) is 0.635. The van der Waals surface area contributed by atoms with Crippen molar-refractivity contribution in [2.24, 2.45) is 0 Å². The first-order valence-electron chi connectivity index (χ1n) is 5.03. The van der Waals surface area contributed by atoms with Crippen molar-refractivity contribution in [1.82, 2.24) is 9.88 Å². The number of nitrogens with zero attached hydrogens (tertiary/aromatic N) is 2. The average Bonchev–Trinajstić information content (AvgIpc) is 2.66. The molecule has 2 heterocycles. The molecule has 0 bridgehead atoms. The fourth-order valence-electron chi connectivity index (χ4n) is 1.54. The van der Waals surface area contributed by atoms with E-state index in [4.69, 9.17) is 0 Å². The molecule has 15 heavy (non-hydrogen) atoms. The van der Waals surface area contributed by atoms with E-state index >= 15 is 0 Å². The van der Waals surface area contributed by atoms with Gasteiger partial charge < -0.3 is 4.90 Å². The van der Waals surface area contributed by atoms with Gasteiger partial charge in [0.2, 0.25) is 5.91 Å². The highest BCUT2D eigenvalue weighted by molar-refractivity contribution is 5.78. The molecule has 1 aromatic rings. The molecule has 3 nitrogen and oxygen atoms in total. The first-order chi connectivity index (χ1) is 7.36. The minimum atomic E-state index is 0.221. The summed E-state index contributed by atoms with van der Waals surface area (Å²) in [6.45, 7) is 1.39. The predicted molar refractivity (Wildman–Crippen MR) is 56.9 cm³/mol. The lowest BCUT2D eigenvalue weighted by Crippen LogP contribution is -2.24. The number of pyridine rings is 1. The van der Waals surface area contributed by atoms with Crippen molar-refractivity contribution in [2.75, 3.05) is 13.1 Å². The Bertz CT molecular complexity index is 403. The highest BCUT2D eigenvalue weighted by Gasteiger charge is 2.18. The molecule has 0 aromatic carbocycles. The number of hydrogen-bond acceptors (Lipinski definition) is 2. The van der Waals surface area contributed by atoms with Crippen LogP contribution in [0.1, 0.15) is 18.4 Å². The van der Waals surface area contributed by atoms with E-state index in [9.17, 15) is 4.79 Å². The second-order valence-electron chi connectivity index (χ2n) is 3.46. The van der Waals surface area contributed by atoms with E-state index in [0.717, 1.165) is 18.5 Å². The van der Waals surface area contributed by atoms with Crippen molar-refractivity contribution < 1.29 is 4.79 Å². The van der Waals surface area contributed by atoms with Gasteiger partial charge >= 0.3 is 0 Å². The van der Waals surface area contributed by atoms with E-state index in [1.807, 2.05) is 12.1 Å². The molecule has 3 heteroatoms. The summed E-state index contributed by atoms with van der Waals surface area (Å²) in [6, 6.07) is 3.72. The zero-order valence-corrected chi connectivity index (χ0v) is 8.44. The molecule has 76 valence electrons. The van der Waals surface area contributed by atoms with Gasteiger partial charge in [-0.15, -0.1) is 0 Å². The summed E-state index contributed by atoms with van der Waals surface area (Å²) in [5, 5.41) is 0. The molecule has 0 saturated carbocycles. The van der Waals surface area contributed by atoms with Crippen LogP contribution in [0.3, 0.4) is 0 Å². The van der Waals surface area contributed by atoms with Crippen molar-refractivity contribution >= 4 is 5.91 Å². The number of aromatic nitrogens is 1. The van der Waals surface area contributed by atoms with Crippen LogP contribution < -0.4 is 0 Å². The van der Waals surface area contributed by atoms with Crippen LogP contribution in [0.2, 0.25) is 0 Å². The van der Waals surface area contributed by atoms with Crippen molar-refractivity contribution in [3.63, 3.8) is 0 Å². The molecule has 0 aliphatic carbocycles. The van der Waals surface area contributed by atoms with Crippen LogP contribution >= 0.6 is 0 Å². The largest absolute Gasteiger partial charge is 0.332 e. The highest BCUT2D eigenvalue weighted by Crippen LogP contribution is 2.07. The van der Waals surface area contributed by atoms with Crippen LogP contribution in [0, 0.1) is 11.8 Å². The molecule has 1 fully saturated rings. The Labute approximate surface area is 89.1 Å². The molecule has 2 rings (SSSR count). The summed E-state index contributed by atoms with van der Waals surface area (Å²) >= 11 is 0. The molecule has 0 N–H and O–H groups in total. The maximum absolute atomic E-state index is 11.3. The van der Waals surface area contributed by atoms with E-state index in [2.05, 4.69) is 16.8 Å². The minimum absolute atomic E-state index is 0.221. The molecular weight excluding hydrogens is 188 g/mol. The summed E-state index contributed by atoms with van der Waals surface area (Å²) in [5.41, 5.74) is 0.941. The number of carbonyl (C=O) groups is 1. The van der Waals surface area contributed by atoms with Crippen molar-refractivity contribution in [3.8, 4) is 11.8 Å². The van der Waals surface area contributed by atoms with E-state index in [1.165, 1.54) is 0 Å². The van der Waals surface area contributed by atoms with Crippen LogP contribution in [0.25, 0.3) is 0 Å². The van der Waals surface area contributed by atoms with Crippen LogP contribution in [-0.4, -0.2) is 28.9 Å². The Morgan fingerprint density at radius 1 is 1.40 bits per heavy atom. The summed E-state index contributed by atoms with van der Waals surface area (Å²) in [4.78, 5) is 17.0. The standard InChI is InChI=1S/C12H12N2O/c15-12-4-2-10-14(12)9-1-3-11-5-7-13-8-6-11/h5-8H,2,4,9-10H2. The lowest BCUT2D eigenvalue weighted by Gasteiger charge is -2.09. The third-order valence-electron chi connectivity index (χ3n) is 2.35. The Morgan fingerprint density at radius 3 is 2.87 bits per heavy atom. The first kappa shape index (κ1) is 9.72. The predicted octanol–water partition coefficient (Wildman–Crippen LogP) is 1.06. The lowest BCUT2D eigenvalue weighted by molar-refractivity contribution is -0.127. The maximum atomic E-state index is 11.3. The normalized spacial score (nSPS) is 14.9. The monoisotopic (exact) mass is 200 g/mol. The summed E-state index contributed by atoms with van der Waals surface area (Å²) in [6.07, 6.45) is 5.07. The molecule has 0 spiro atoms. The Hall–Kier alpha value is -1.82. The van der Waals surface area contributed by atoms with Gasteiger partial charge in [0, 0.05) is 30.9 Å². The second-order valence-corrected chi connectivity index (χ2v) is 3.46. The molecular formula is C12H12N2O. The Balaban J connectivity index is 1.93. The zero-order valence-electron chi connectivity index (χ0n) is 8.44. The highest BCUT2D eigenvalue weighted by atomic mass is 16.2. The zero-order chi connectivity index (χ0) is 10.5. The van der Waals surface area contributed by atoms with Gasteiger partial charge in [-0.2, -0.15) is 0 Å². The van der Waals surface area contributed by atoms with Gasteiger partial charge in [0.05, 0.1) is 6.54 Å². The second kappa shape index (κ2) is 4.61. The smallest absolute Gasteiger partial charge is 0.223 e. The topological polar surface area (TPSA) is 33.2 Å². The number of amides is 1. The van der Waals surface area contributed by atoms with E-state index in [-0.39, 0.29) is 5.91 Å². The van der Waals surface area contributed by atoms with E-state index in [1.54, 1.807) is 17.3 Å². The summed E-state index contributed by atoms with van der Waals surface area (Å²) in [5.74, 6) is 6.23. The van der Waals surface area contributed by atoms with Gasteiger partial charge in [-0.05, 0) is 18.6 Å². The Kier molecular flexibility index (Phi) is 2.99. The minimum Gasteiger partial charge on any atom is -0.332 e. The summed E-state index contributed by atoms with van der Waals surface area (Å²) in [7, 11) is 0. The van der Waals surface area contributed by atoms with Crippen LogP contribution in [0.4, 0.5) is 0 Å². The van der Waals surface area contributed by atoms with Crippen LogP contribution in [0.15, 0.2) is 24.5 Å². The van der Waals surface area contributed by atoms with Crippen molar-refractivity contribution in [3.05, 3.63) is 30.1 Å². The molecule has 0 atom stereocenters. The van der Waals surface area contributed by atoms with E-state index < -0.39 is 0 Å². The molecule has 1 aromatic heterocycles. The molecule has 1 aliphatic heterocycles. The Morgan fingerprint density at radius 2 is 2.20 bits per heavy atom. The maximum Gasteiger partial charge on any atom is 0.223 e. The fourth-order valence-corrected chi connectivity index (χ4v) is 1.54. The van der Waals surface area contributed by atoms with E-state index in [0.29, 0.717) is 13.0 Å². The van der Waals surface area contributed by atoms with Crippen molar-refractivity contribution in [1.29, 1.82) is 0 Å². The average molecular weight is 200 g/mol. The third kappa shape index (κ3) is 2.57. The van der Waals surface area contributed by atoms with Gasteiger partial charge in [-0.1, -0.05) is 11.8 Å². The lowest BCUT2D eigenvalue weighted by atomic mass is 10.3. The molecule has 0 unspecified atom stereocenters. The molecule has 0 radical (unpaired) electrons. The molecule has 1 amide bonds. The number of likely N-dealkylation sites (tertiary alicyclic amines) is 1. The van der Waals surface area contributed by atoms with Crippen LogP contribution in [0.5, 0.6) is 0 Å². The van der Waals surface area contributed by atoms with Crippen LogP contribution in [-0.2, 0) is 4.79 Å². The van der Waals surface area contributed by atoms with Crippen molar-refractivity contribution in [2.45, 2.75) is 12.8 Å². The van der Waals surface area contributed by atoms with Gasteiger partial charge in [-0.3, -0.25) is 9.78 Å². The number of hydrogen-bond donors (Lipinski definition) is 0. The third-order valence-corrected chi connectivity index (χ3v) is 2.35. The fraction of sp³-hybridized carbons (Fsp3) is 0.333. The first-order valence-corrected chi connectivity index (χ1v) is 5.03. The summed E-state index contributed by atoms with van der Waals surface area (Å²) < 4.78 is 0. The molecule has 1 aliphatic rings. The van der Waals surface area contributed by atoms with Gasteiger partial charge in [0.1, 0.15) is 0 Å². The number of rotatable bonds is 1. The van der Waals surface area contributed by atoms with Gasteiger partial charge in [0.15, 0.2) is 0 Å².